The number of H-pyrrole nitrogens is 1. The lowest BCUT2D eigenvalue weighted by Crippen LogP contribution is -2.50. The molecule has 1 aromatic heterocycles. The fourth-order valence-electron chi connectivity index (χ4n) is 5.01. The first-order chi connectivity index (χ1) is 13.1. The Hall–Kier alpha value is -1.96. The number of nitrogens with zero attached hydrogens (tertiary/aromatic N) is 3. The molecule has 3 aliphatic rings. The molecule has 0 spiro atoms. The monoisotopic (exact) mass is 368 g/mol. The van der Waals surface area contributed by atoms with Crippen LogP contribution >= 0.6 is 0 Å². The smallest absolute Gasteiger partial charge is 0.242 e. The van der Waals surface area contributed by atoms with E-state index in [-0.39, 0.29) is 18.0 Å². The van der Waals surface area contributed by atoms with Crippen LogP contribution in [0.5, 0.6) is 0 Å². The number of aryl methyl sites for hydroxylation is 1. The largest absolute Gasteiger partial charge is 0.340 e. The molecule has 0 bridgehead atoms. The molecule has 0 saturated carbocycles. The molecule has 144 valence electrons. The summed E-state index contributed by atoms with van der Waals surface area (Å²) < 4.78 is 0. The van der Waals surface area contributed by atoms with Crippen LogP contribution in [0.3, 0.4) is 0 Å². The van der Waals surface area contributed by atoms with Gasteiger partial charge in [-0.1, -0.05) is 6.07 Å². The van der Waals surface area contributed by atoms with Crippen LogP contribution in [-0.4, -0.2) is 64.4 Å². The third-order valence-electron chi connectivity index (χ3n) is 6.49. The van der Waals surface area contributed by atoms with E-state index in [2.05, 4.69) is 52.9 Å². The van der Waals surface area contributed by atoms with E-state index in [0.29, 0.717) is 12.0 Å². The summed E-state index contributed by atoms with van der Waals surface area (Å²) in [6, 6.07) is 6.55. The maximum atomic E-state index is 13.4. The third kappa shape index (κ3) is 2.94. The first-order valence-corrected chi connectivity index (χ1v) is 10.1. The van der Waals surface area contributed by atoms with E-state index in [1.165, 1.54) is 5.56 Å². The number of fused-ring (bicyclic) bond motifs is 2. The quantitative estimate of drug-likeness (QED) is 0.746. The molecule has 7 heteroatoms. The van der Waals surface area contributed by atoms with Gasteiger partial charge < -0.3 is 14.8 Å². The van der Waals surface area contributed by atoms with Crippen molar-refractivity contribution < 1.29 is 4.79 Å². The van der Waals surface area contributed by atoms with Crippen molar-refractivity contribution in [1.29, 1.82) is 0 Å². The van der Waals surface area contributed by atoms with Crippen LogP contribution in [0.1, 0.15) is 36.7 Å². The second-order valence-electron chi connectivity index (χ2n) is 8.42. The molecular formula is C20H28N6O. The second kappa shape index (κ2) is 6.58. The zero-order chi connectivity index (χ0) is 18.5. The number of hydrogen-bond acceptors (Lipinski definition) is 5. The van der Waals surface area contributed by atoms with Gasteiger partial charge in [-0.2, -0.15) is 0 Å². The number of benzene rings is 1. The summed E-state index contributed by atoms with van der Waals surface area (Å²) in [4.78, 5) is 26.1. The number of carbonyl (C=O) groups is 1. The van der Waals surface area contributed by atoms with Crippen molar-refractivity contribution in [3.8, 4) is 0 Å². The normalized spacial score (nSPS) is 31.6. The molecule has 4 unspecified atom stereocenters. The van der Waals surface area contributed by atoms with E-state index in [9.17, 15) is 4.79 Å². The SMILES string of the molecule is Cc1ccc2nc(C3CCCN3C(=O)C3NNC4CCN(C)CC43)[nH]c2c1. The van der Waals surface area contributed by atoms with E-state index in [0.717, 1.165) is 55.8 Å². The van der Waals surface area contributed by atoms with Crippen molar-refractivity contribution in [3.05, 3.63) is 29.6 Å². The zero-order valence-corrected chi connectivity index (χ0v) is 16.0. The third-order valence-corrected chi connectivity index (χ3v) is 6.49. The number of likely N-dealkylation sites (tertiary alicyclic amines) is 2. The molecule has 1 aromatic carbocycles. The molecule has 3 N–H and O–H groups in total. The Morgan fingerprint density at radius 2 is 2.11 bits per heavy atom. The topological polar surface area (TPSA) is 76.3 Å². The summed E-state index contributed by atoms with van der Waals surface area (Å²) in [6.45, 7) is 4.94. The van der Waals surface area contributed by atoms with E-state index in [1.54, 1.807) is 0 Å². The van der Waals surface area contributed by atoms with Gasteiger partial charge in [-0.05, 0) is 57.5 Å². The summed E-state index contributed by atoms with van der Waals surface area (Å²) in [5, 5.41) is 0. The number of piperidine rings is 1. The molecule has 3 saturated heterocycles. The highest BCUT2D eigenvalue weighted by atomic mass is 16.2. The Morgan fingerprint density at radius 3 is 3.00 bits per heavy atom. The van der Waals surface area contributed by atoms with Crippen LogP contribution in [0.15, 0.2) is 18.2 Å². The van der Waals surface area contributed by atoms with E-state index in [1.807, 2.05) is 4.90 Å². The van der Waals surface area contributed by atoms with Gasteiger partial charge in [-0.15, -0.1) is 0 Å². The summed E-state index contributed by atoms with van der Waals surface area (Å²) in [7, 11) is 2.14. The van der Waals surface area contributed by atoms with Crippen LogP contribution < -0.4 is 10.9 Å². The molecular weight excluding hydrogens is 340 g/mol. The minimum Gasteiger partial charge on any atom is -0.340 e. The minimum absolute atomic E-state index is 0.0485. The van der Waals surface area contributed by atoms with Crippen LogP contribution in [0, 0.1) is 12.8 Å². The van der Waals surface area contributed by atoms with Gasteiger partial charge in [0.1, 0.15) is 11.9 Å². The predicted octanol–water partition coefficient (Wildman–Crippen LogP) is 1.33. The number of carbonyl (C=O) groups excluding carboxylic acids is 1. The molecule has 27 heavy (non-hydrogen) atoms. The highest BCUT2D eigenvalue weighted by Crippen LogP contribution is 2.34. The molecule has 4 atom stereocenters. The van der Waals surface area contributed by atoms with Gasteiger partial charge in [0.2, 0.25) is 5.91 Å². The maximum absolute atomic E-state index is 13.4. The number of nitrogens with one attached hydrogen (secondary N) is 3. The van der Waals surface area contributed by atoms with Crippen molar-refractivity contribution >= 4 is 16.9 Å². The number of hydrogen-bond donors (Lipinski definition) is 3. The van der Waals surface area contributed by atoms with Gasteiger partial charge in [0.05, 0.1) is 17.1 Å². The zero-order valence-electron chi connectivity index (χ0n) is 16.0. The molecule has 5 rings (SSSR count). The summed E-state index contributed by atoms with van der Waals surface area (Å²) >= 11 is 0. The summed E-state index contributed by atoms with van der Waals surface area (Å²) in [5.41, 5.74) is 9.92. The molecule has 0 radical (unpaired) electrons. The lowest BCUT2D eigenvalue weighted by Gasteiger charge is -2.35. The number of hydrazine groups is 1. The molecule has 1 amide bonds. The molecule has 4 heterocycles. The van der Waals surface area contributed by atoms with E-state index >= 15 is 0 Å². The minimum atomic E-state index is -0.148. The lowest BCUT2D eigenvalue weighted by atomic mass is 9.88. The van der Waals surface area contributed by atoms with Crippen molar-refractivity contribution in [2.75, 3.05) is 26.7 Å². The average molecular weight is 368 g/mol. The Labute approximate surface area is 159 Å². The van der Waals surface area contributed by atoms with Crippen molar-refractivity contribution in [2.45, 2.75) is 44.3 Å². The summed E-state index contributed by atoms with van der Waals surface area (Å²) in [5.74, 6) is 1.46. The first kappa shape index (κ1) is 17.2. The van der Waals surface area contributed by atoms with Crippen molar-refractivity contribution in [1.82, 2.24) is 30.6 Å². The van der Waals surface area contributed by atoms with Gasteiger partial charge >= 0.3 is 0 Å². The molecule has 3 aliphatic heterocycles. The molecule has 3 fully saturated rings. The second-order valence-corrected chi connectivity index (χ2v) is 8.42. The first-order valence-electron chi connectivity index (χ1n) is 10.1. The Kier molecular flexibility index (Phi) is 4.18. The van der Waals surface area contributed by atoms with Crippen LogP contribution in [-0.2, 0) is 4.79 Å². The molecule has 7 nitrogen and oxygen atoms in total. The fourth-order valence-corrected chi connectivity index (χ4v) is 5.01. The van der Waals surface area contributed by atoms with Gasteiger partial charge in [0, 0.05) is 25.0 Å². The predicted molar refractivity (Wildman–Crippen MR) is 104 cm³/mol. The van der Waals surface area contributed by atoms with E-state index in [4.69, 9.17) is 4.98 Å². The Balaban J connectivity index is 1.39. The highest BCUT2D eigenvalue weighted by molar-refractivity contribution is 5.83. The number of imidazole rings is 1. The van der Waals surface area contributed by atoms with Gasteiger partial charge in [-0.25, -0.2) is 10.4 Å². The number of amides is 1. The van der Waals surface area contributed by atoms with Crippen LogP contribution in [0.25, 0.3) is 11.0 Å². The van der Waals surface area contributed by atoms with Gasteiger partial charge in [0.15, 0.2) is 0 Å². The van der Waals surface area contributed by atoms with Crippen LogP contribution in [0.2, 0.25) is 0 Å². The molecule has 0 aliphatic carbocycles. The number of aromatic nitrogens is 2. The fraction of sp³-hybridized carbons (Fsp3) is 0.600. The Morgan fingerprint density at radius 1 is 1.22 bits per heavy atom. The standard InChI is InChI=1S/C20H28N6O/c1-12-5-6-15-16(10-12)22-19(21-15)17-4-3-8-26(17)20(27)18-13-11-25(2)9-7-14(13)23-24-18/h5-6,10,13-14,17-18,23-24H,3-4,7-9,11H2,1-2H3,(H,21,22). The number of aromatic amines is 1. The van der Waals surface area contributed by atoms with Crippen molar-refractivity contribution in [2.24, 2.45) is 5.92 Å². The molecule has 2 aromatic rings. The lowest BCUT2D eigenvalue weighted by molar-refractivity contribution is -0.135. The van der Waals surface area contributed by atoms with E-state index < -0.39 is 0 Å². The number of rotatable bonds is 2. The highest BCUT2D eigenvalue weighted by Gasteiger charge is 2.46. The van der Waals surface area contributed by atoms with Crippen molar-refractivity contribution in [3.63, 3.8) is 0 Å². The Bertz CT molecular complexity index is 863. The van der Waals surface area contributed by atoms with Crippen LogP contribution in [0.4, 0.5) is 0 Å². The summed E-state index contributed by atoms with van der Waals surface area (Å²) in [6.07, 6.45) is 3.09. The van der Waals surface area contributed by atoms with Gasteiger partial charge in [-0.3, -0.25) is 10.2 Å². The van der Waals surface area contributed by atoms with Gasteiger partial charge in [0.25, 0.3) is 0 Å². The average Bonchev–Trinajstić information content (AvgIpc) is 3.37. The maximum Gasteiger partial charge on any atom is 0.242 e.